The maximum Gasteiger partial charge on any atom is 0.0331 e. The first-order valence-electron chi connectivity index (χ1n) is 7.00. The highest BCUT2D eigenvalue weighted by atomic mass is 32.2. The van der Waals surface area contributed by atoms with E-state index in [4.69, 9.17) is 0 Å². The van der Waals surface area contributed by atoms with E-state index in [1.165, 1.54) is 20.9 Å². The van der Waals surface area contributed by atoms with Gasteiger partial charge < -0.3 is 5.32 Å². The zero-order valence-electron chi connectivity index (χ0n) is 11.8. The smallest absolute Gasteiger partial charge is 0.0331 e. The molecule has 2 unspecified atom stereocenters. The number of thioether (sulfide) groups is 1. The van der Waals surface area contributed by atoms with Crippen LogP contribution in [0.1, 0.15) is 13.8 Å². The molecule has 0 amide bonds. The zero-order chi connectivity index (χ0) is 13.9. The van der Waals surface area contributed by atoms with Gasteiger partial charge in [0.1, 0.15) is 0 Å². The van der Waals surface area contributed by atoms with E-state index in [2.05, 4.69) is 80.0 Å². The summed E-state index contributed by atoms with van der Waals surface area (Å²) >= 11 is 1.82. The molecule has 0 fully saturated rings. The van der Waals surface area contributed by atoms with E-state index in [0.29, 0.717) is 12.0 Å². The van der Waals surface area contributed by atoms with Crippen LogP contribution >= 0.6 is 11.8 Å². The Morgan fingerprint density at radius 2 is 1.90 bits per heavy atom. The lowest BCUT2D eigenvalue weighted by atomic mass is 9.85. The molecule has 3 rings (SSSR count). The molecular formula is C18H19NS. The molecule has 1 aliphatic heterocycles. The first kappa shape index (κ1) is 13.3. The summed E-state index contributed by atoms with van der Waals surface area (Å²) in [7, 11) is 0. The van der Waals surface area contributed by atoms with E-state index < -0.39 is 0 Å². The quantitative estimate of drug-likeness (QED) is 0.845. The van der Waals surface area contributed by atoms with Gasteiger partial charge in [-0.1, -0.05) is 48.2 Å². The largest absolute Gasteiger partial charge is 0.387 e. The summed E-state index contributed by atoms with van der Waals surface area (Å²) in [6.45, 7) is 4.41. The van der Waals surface area contributed by atoms with Crippen LogP contribution in [0, 0.1) is 5.92 Å². The summed E-state index contributed by atoms with van der Waals surface area (Å²) in [4.78, 5) is 2.57. The van der Waals surface area contributed by atoms with Gasteiger partial charge in [-0.3, -0.25) is 0 Å². The van der Waals surface area contributed by atoms with Crippen LogP contribution in [0.2, 0.25) is 0 Å². The first-order chi connectivity index (χ1) is 9.74. The molecule has 1 aliphatic carbocycles. The molecule has 0 saturated heterocycles. The maximum atomic E-state index is 3.44. The molecule has 0 spiro atoms. The monoisotopic (exact) mass is 281 g/mol. The van der Waals surface area contributed by atoms with E-state index in [9.17, 15) is 0 Å². The van der Waals surface area contributed by atoms with E-state index in [0.717, 1.165) is 0 Å². The van der Waals surface area contributed by atoms with Crippen molar-refractivity contribution in [3.05, 3.63) is 76.9 Å². The summed E-state index contributed by atoms with van der Waals surface area (Å²) in [5.41, 5.74) is 2.76. The highest BCUT2D eigenvalue weighted by Gasteiger charge is 2.23. The van der Waals surface area contributed by atoms with E-state index in [-0.39, 0.29) is 0 Å². The summed E-state index contributed by atoms with van der Waals surface area (Å²) < 4.78 is 0. The minimum absolute atomic E-state index is 0.454. The van der Waals surface area contributed by atoms with Crippen molar-refractivity contribution >= 4 is 11.8 Å². The number of benzene rings is 1. The lowest BCUT2D eigenvalue weighted by Gasteiger charge is -2.29. The summed E-state index contributed by atoms with van der Waals surface area (Å²) in [6.07, 6.45) is 11.2. The van der Waals surface area contributed by atoms with Crippen molar-refractivity contribution in [2.75, 3.05) is 0 Å². The van der Waals surface area contributed by atoms with Crippen LogP contribution < -0.4 is 5.32 Å². The molecule has 2 heteroatoms. The fraction of sp³-hybridized carbons (Fsp3) is 0.222. The van der Waals surface area contributed by atoms with Crippen molar-refractivity contribution in [2.45, 2.75) is 24.8 Å². The Morgan fingerprint density at radius 1 is 1.10 bits per heavy atom. The van der Waals surface area contributed by atoms with Crippen LogP contribution in [0.3, 0.4) is 0 Å². The Morgan fingerprint density at radius 3 is 2.70 bits per heavy atom. The van der Waals surface area contributed by atoms with Gasteiger partial charge in [0, 0.05) is 21.8 Å². The fourth-order valence-electron chi connectivity index (χ4n) is 2.61. The van der Waals surface area contributed by atoms with Gasteiger partial charge in [-0.15, -0.1) is 0 Å². The van der Waals surface area contributed by atoms with Crippen LogP contribution in [0.15, 0.2) is 81.8 Å². The predicted molar refractivity (Wildman–Crippen MR) is 87.4 cm³/mol. The summed E-state index contributed by atoms with van der Waals surface area (Å²) in [5.74, 6) is 0.463. The molecule has 0 radical (unpaired) electrons. The van der Waals surface area contributed by atoms with Gasteiger partial charge >= 0.3 is 0 Å². The SMILES string of the molecule is CC1=CNC(C)C2C=CC(Sc3ccccc3)=CC=C12. The van der Waals surface area contributed by atoms with Gasteiger partial charge in [0.15, 0.2) is 0 Å². The molecule has 0 bridgehead atoms. The van der Waals surface area contributed by atoms with Crippen LogP contribution in [-0.4, -0.2) is 6.04 Å². The highest BCUT2D eigenvalue weighted by molar-refractivity contribution is 8.03. The molecule has 0 aromatic heterocycles. The van der Waals surface area contributed by atoms with E-state index in [1.807, 2.05) is 11.8 Å². The van der Waals surface area contributed by atoms with Crippen LogP contribution in [0.25, 0.3) is 0 Å². The van der Waals surface area contributed by atoms with Crippen LogP contribution in [-0.2, 0) is 0 Å². The highest BCUT2D eigenvalue weighted by Crippen LogP contribution is 2.34. The minimum atomic E-state index is 0.454. The Kier molecular flexibility index (Phi) is 3.83. The van der Waals surface area contributed by atoms with Crippen molar-refractivity contribution in [2.24, 2.45) is 5.92 Å². The zero-order valence-corrected chi connectivity index (χ0v) is 12.7. The maximum absolute atomic E-state index is 3.44. The van der Waals surface area contributed by atoms with Gasteiger partial charge in [-0.2, -0.15) is 0 Å². The third kappa shape index (κ3) is 2.75. The molecule has 20 heavy (non-hydrogen) atoms. The Balaban J connectivity index is 1.86. The van der Waals surface area contributed by atoms with Crippen molar-refractivity contribution in [3.63, 3.8) is 0 Å². The minimum Gasteiger partial charge on any atom is -0.387 e. The molecule has 1 aromatic carbocycles. The Bertz CT molecular complexity index is 608. The molecular weight excluding hydrogens is 262 g/mol. The molecule has 0 saturated carbocycles. The number of fused-ring (bicyclic) bond motifs is 1. The van der Waals surface area contributed by atoms with E-state index in [1.54, 1.807) is 0 Å². The van der Waals surface area contributed by atoms with Gasteiger partial charge in [0.25, 0.3) is 0 Å². The van der Waals surface area contributed by atoms with Crippen molar-refractivity contribution in [1.82, 2.24) is 5.32 Å². The van der Waals surface area contributed by atoms with Crippen molar-refractivity contribution in [3.8, 4) is 0 Å². The number of hydrogen-bond acceptors (Lipinski definition) is 2. The molecule has 2 aliphatic rings. The second-order valence-electron chi connectivity index (χ2n) is 5.27. The molecule has 1 nitrogen and oxygen atoms in total. The van der Waals surface area contributed by atoms with Crippen LogP contribution in [0.4, 0.5) is 0 Å². The third-order valence-corrected chi connectivity index (χ3v) is 4.81. The number of allylic oxidation sites excluding steroid dienone is 4. The van der Waals surface area contributed by atoms with Gasteiger partial charge in [-0.05, 0) is 49.4 Å². The topological polar surface area (TPSA) is 12.0 Å². The molecule has 102 valence electrons. The molecule has 1 N–H and O–H groups in total. The van der Waals surface area contributed by atoms with Crippen molar-refractivity contribution in [1.29, 1.82) is 0 Å². The second kappa shape index (κ2) is 5.76. The second-order valence-corrected chi connectivity index (χ2v) is 6.42. The molecule has 2 atom stereocenters. The lowest BCUT2D eigenvalue weighted by Crippen LogP contribution is -2.34. The number of rotatable bonds is 2. The van der Waals surface area contributed by atoms with Crippen LogP contribution in [0.5, 0.6) is 0 Å². The summed E-state index contributed by atoms with van der Waals surface area (Å²) in [6, 6.07) is 11.0. The Labute approximate surface area is 125 Å². The van der Waals surface area contributed by atoms with E-state index >= 15 is 0 Å². The van der Waals surface area contributed by atoms with Crippen molar-refractivity contribution < 1.29 is 0 Å². The van der Waals surface area contributed by atoms with Gasteiger partial charge in [0.05, 0.1) is 0 Å². The Hall–Kier alpha value is -1.67. The normalized spacial score (nSPS) is 24.8. The first-order valence-corrected chi connectivity index (χ1v) is 7.82. The summed E-state index contributed by atoms with van der Waals surface area (Å²) in [5, 5.41) is 3.44. The average molecular weight is 281 g/mol. The standard InChI is InChI=1S/C18H19NS/c1-13-12-19-14(2)18-11-9-16(8-10-17(13)18)20-15-6-4-3-5-7-15/h3-12,14,18-19H,1-2H3. The molecule has 1 heterocycles. The fourth-order valence-corrected chi connectivity index (χ4v) is 3.46. The number of nitrogens with one attached hydrogen (secondary N) is 1. The third-order valence-electron chi connectivity index (χ3n) is 3.79. The number of hydrogen-bond donors (Lipinski definition) is 1. The lowest BCUT2D eigenvalue weighted by molar-refractivity contribution is 0.519. The van der Waals surface area contributed by atoms with Gasteiger partial charge in [0.2, 0.25) is 0 Å². The van der Waals surface area contributed by atoms with Gasteiger partial charge in [-0.25, -0.2) is 0 Å². The predicted octanol–water partition coefficient (Wildman–Crippen LogP) is 4.67. The molecule has 1 aromatic rings. The average Bonchev–Trinajstić information content (AvgIpc) is 2.68.